The first-order chi connectivity index (χ1) is 13.3. The largest absolute Gasteiger partial charge is 0.444 e. The van der Waals surface area contributed by atoms with Gasteiger partial charge in [-0.3, -0.25) is 4.90 Å². The number of carbonyl (C=O) groups is 1. The van der Waals surface area contributed by atoms with Gasteiger partial charge >= 0.3 is 6.09 Å². The number of nitrogens with zero attached hydrogens (tertiary/aromatic N) is 2. The molecule has 1 amide bonds. The number of rotatable bonds is 2. The lowest BCUT2D eigenvalue weighted by atomic mass is 9.93. The Bertz CT molecular complexity index is 1020. The Kier molecular flexibility index (Phi) is 4.65. The summed E-state index contributed by atoms with van der Waals surface area (Å²) in [5.41, 5.74) is 2.82. The summed E-state index contributed by atoms with van der Waals surface area (Å²) in [5, 5.41) is 2.44. The van der Waals surface area contributed by atoms with Gasteiger partial charge in [-0.25, -0.2) is 9.78 Å². The van der Waals surface area contributed by atoms with Crippen molar-refractivity contribution in [3.05, 3.63) is 48.4 Å². The molecule has 1 aliphatic heterocycles. The van der Waals surface area contributed by atoms with Crippen molar-refractivity contribution in [3.63, 3.8) is 0 Å². The van der Waals surface area contributed by atoms with Gasteiger partial charge in [0.15, 0.2) is 0 Å². The summed E-state index contributed by atoms with van der Waals surface area (Å²) in [6.07, 6.45) is 3.43. The Morgan fingerprint density at radius 2 is 1.96 bits per heavy atom. The van der Waals surface area contributed by atoms with Gasteiger partial charge in [0.1, 0.15) is 19.3 Å². The van der Waals surface area contributed by atoms with Crippen molar-refractivity contribution in [2.75, 3.05) is 6.54 Å². The van der Waals surface area contributed by atoms with Crippen LogP contribution in [0.25, 0.3) is 22.0 Å². The first-order valence-corrected chi connectivity index (χ1v) is 9.85. The van der Waals surface area contributed by atoms with Crippen LogP contribution in [0, 0.1) is 0 Å². The molecule has 1 aliphatic rings. The third-order valence-electron chi connectivity index (χ3n) is 5.10. The van der Waals surface area contributed by atoms with Gasteiger partial charge in [-0.15, -0.1) is 0 Å². The molecule has 0 unspecified atom stereocenters. The van der Waals surface area contributed by atoms with E-state index in [1.165, 1.54) is 16.2 Å². The molecule has 4 rings (SSSR count). The quantitative estimate of drug-likeness (QED) is 0.697. The van der Waals surface area contributed by atoms with Crippen molar-refractivity contribution < 1.29 is 9.53 Å². The highest BCUT2D eigenvalue weighted by atomic mass is 16.6. The maximum absolute atomic E-state index is 12.6. The standard InChI is InChI=1S/C22H26BN3O2/c1-22(2,3)28-21(27)26-10-4-5-19(26)20-24-13-18(25-20)16-7-6-15-12-17(23)9-8-14(15)11-16/h6-9,11-13,19H,4-5,10,23H2,1-3H3,(H,24,25)/t19-/m0/s1. The number of aromatic nitrogens is 2. The molecule has 0 saturated carbocycles. The van der Waals surface area contributed by atoms with Crippen molar-refractivity contribution >= 4 is 30.2 Å². The van der Waals surface area contributed by atoms with Crippen LogP contribution < -0.4 is 5.46 Å². The van der Waals surface area contributed by atoms with Crippen LogP contribution in [0.1, 0.15) is 45.5 Å². The van der Waals surface area contributed by atoms with E-state index in [0.717, 1.165) is 29.9 Å². The number of hydrogen-bond acceptors (Lipinski definition) is 3. The van der Waals surface area contributed by atoms with Gasteiger partial charge in [0, 0.05) is 12.1 Å². The van der Waals surface area contributed by atoms with Gasteiger partial charge in [0.2, 0.25) is 0 Å². The molecular formula is C22H26BN3O2. The van der Waals surface area contributed by atoms with Gasteiger partial charge in [-0.05, 0) is 50.5 Å². The number of H-pyrrole nitrogens is 1. The third kappa shape index (κ3) is 3.77. The van der Waals surface area contributed by atoms with E-state index in [2.05, 4.69) is 54.2 Å². The van der Waals surface area contributed by atoms with Crippen LogP contribution in [-0.2, 0) is 4.74 Å². The lowest BCUT2D eigenvalue weighted by molar-refractivity contribution is 0.0219. The number of hydrogen-bond donors (Lipinski definition) is 1. The second-order valence-corrected chi connectivity index (χ2v) is 8.58. The highest BCUT2D eigenvalue weighted by Gasteiger charge is 2.34. The van der Waals surface area contributed by atoms with Crippen molar-refractivity contribution in [1.29, 1.82) is 0 Å². The SMILES string of the molecule is Bc1ccc2cc(-c3cnc([C@@H]4CCCN4C(=O)OC(C)(C)C)[nH]3)ccc2c1. The molecule has 1 fully saturated rings. The van der Waals surface area contributed by atoms with Gasteiger partial charge in [-0.2, -0.15) is 0 Å². The third-order valence-corrected chi connectivity index (χ3v) is 5.10. The fraction of sp³-hybridized carbons (Fsp3) is 0.364. The Balaban J connectivity index is 1.58. The molecule has 1 atom stereocenters. The average molecular weight is 375 g/mol. The van der Waals surface area contributed by atoms with Crippen LogP contribution in [0.5, 0.6) is 0 Å². The molecule has 3 aromatic rings. The number of likely N-dealkylation sites (tertiary alicyclic amines) is 1. The summed E-state index contributed by atoms with van der Waals surface area (Å²) >= 11 is 0. The molecule has 144 valence electrons. The fourth-order valence-corrected chi connectivity index (χ4v) is 3.78. The average Bonchev–Trinajstić information content (AvgIpc) is 3.29. The number of aromatic amines is 1. The molecular weight excluding hydrogens is 349 g/mol. The predicted octanol–water partition coefficient (Wildman–Crippen LogP) is 3.56. The van der Waals surface area contributed by atoms with E-state index in [0.29, 0.717) is 6.54 Å². The predicted molar refractivity (Wildman–Crippen MR) is 115 cm³/mol. The molecule has 1 aromatic heterocycles. The second-order valence-electron chi connectivity index (χ2n) is 8.58. The zero-order chi connectivity index (χ0) is 19.9. The number of carbonyl (C=O) groups excluding carboxylic acids is 1. The van der Waals surface area contributed by atoms with E-state index in [-0.39, 0.29) is 12.1 Å². The molecule has 1 saturated heterocycles. The minimum absolute atomic E-state index is 0.0632. The lowest BCUT2D eigenvalue weighted by Gasteiger charge is -2.27. The van der Waals surface area contributed by atoms with Crippen LogP contribution in [-0.4, -0.2) is 41.0 Å². The zero-order valence-corrected chi connectivity index (χ0v) is 17.0. The van der Waals surface area contributed by atoms with Crippen LogP contribution in [0.2, 0.25) is 0 Å². The van der Waals surface area contributed by atoms with E-state index < -0.39 is 5.60 Å². The monoisotopic (exact) mass is 375 g/mol. The van der Waals surface area contributed by atoms with Gasteiger partial charge in [0.25, 0.3) is 0 Å². The fourth-order valence-electron chi connectivity index (χ4n) is 3.78. The summed E-state index contributed by atoms with van der Waals surface area (Å²) in [4.78, 5) is 22.4. The van der Waals surface area contributed by atoms with Crippen molar-refractivity contribution in [2.24, 2.45) is 0 Å². The Morgan fingerprint density at radius 3 is 2.75 bits per heavy atom. The second kappa shape index (κ2) is 7.00. The minimum atomic E-state index is -0.498. The van der Waals surface area contributed by atoms with Crippen LogP contribution >= 0.6 is 0 Å². The summed E-state index contributed by atoms with van der Waals surface area (Å²) in [6, 6.07) is 12.8. The Morgan fingerprint density at radius 1 is 1.21 bits per heavy atom. The van der Waals surface area contributed by atoms with Crippen molar-refractivity contribution in [1.82, 2.24) is 14.9 Å². The zero-order valence-electron chi connectivity index (χ0n) is 17.0. The topological polar surface area (TPSA) is 58.2 Å². The van der Waals surface area contributed by atoms with E-state index in [9.17, 15) is 4.79 Å². The summed E-state index contributed by atoms with van der Waals surface area (Å²) in [6.45, 7) is 6.37. The molecule has 28 heavy (non-hydrogen) atoms. The van der Waals surface area contributed by atoms with Gasteiger partial charge in [0.05, 0.1) is 17.9 Å². The van der Waals surface area contributed by atoms with E-state index in [1.54, 1.807) is 4.90 Å². The van der Waals surface area contributed by atoms with Crippen LogP contribution in [0.3, 0.4) is 0 Å². The van der Waals surface area contributed by atoms with E-state index in [4.69, 9.17) is 4.74 Å². The number of amides is 1. The van der Waals surface area contributed by atoms with Crippen LogP contribution in [0.15, 0.2) is 42.6 Å². The van der Waals surface area contributed by atoms with E-state index in [1.807, 2.05) is 27.0 Å². The Hall–Kier alpha value is -2.76. The smallest absolute Gasteiger partial charge is 0.410 e. The van der Waals surface area contributed by atoms with Crippen molar-refractivity contribution in [3.8, 4) is 11.3 Å². The highest BCUT2D eigenvalue weighted by Crippen LogP contribution is 2.33. The summed E-state index contributed by atoms with van der Waals surface area (Å²) < 4.78 is 5.57. The number of nitrogens with one attached hydrogen (secondary N) is 1. The molecule has 1 N–H and O–H groups in total. The van der Waals surface area contributed by atoms with Gasteiger partial charge in [-0.1, -0.05) is 35.8 Å². The number of benzene rings is 2. The van der Waals surface area contributed by atoms with Crippen LogP contribution in [0.4, 0.5) is 4.79 Å². The highest BCUT2D eigenvalue weighted by molar-refractivity contribution is 6.33. The normalized spacial score (nSPS) is 17.2. The molecule has 0 spiro atoms. The minimum Gasteiger partial charge on any atom is -0.444 e. The number of ether oxygens (including phenoxy) is 1. The van der Waals surface area contributed by atoms with Gasteiger partial charge < -0.3 is 9.72 Å². The van der Waals surface area contributed by atoms with E-state index >= 15 is 0 Å². The Labute approximate surface area is 166 Å². The first-order valence-electron chi connectivity index (χ1n) is 9.85. The maximum Gasteiger partial charge on any atom is 0.410 e. The maximum atomic E-state index is 12.6. The molecule has 0 bridgehead atoms. The van der Waals surface area contributed by atoms with Crippen molar-refractivity contribution in [2.45, 2.75) is 45.3 Å². The number of imidazole rings is 1. The molecule has 6 heteroatoms. The first kappa shape index (κ1) is 18.6. The number of fused-ring (bicyclic) bond motifs is 1. The molecule has 2 heterocycles. The molecule has 0 aliphatic carbocycles. The molecule has 2 aromatic carbocycles. The summed E-state index contributed by atoms with van der Waals surface area (Å²) in [7, 11) is 2.10. The molecule has 0 radical (unpaired) electrons. The summed E-state index contributed by atoms with van der Waals surface area (Å²) in [5.74, 6) is 0.822. The lowest BCUT2D eigenvalue weighted by Crippen LogP contribution is -2.36. The molecule has 5 nitrogen and oxygen atoms in total.